The standard InChI is InChI=1S/C16H12O3S/c1-18-11-7-8-12-13(9-11)19-16(17)14(15(12)20)10-5-3-2-4-6-10/h2-9,20H,1H3. The number of ether oxygens (including phenoxy) is 1. The molecule has 0 saturated heterocycles. The van der Waals surface area contributed by atoms with Crippen LogP contribution in [0.5, 0.6) is 5.75 Å². The number of methoxy groups -OCH3 is 1. The number of hydrogen-bond donors (Lipinski definition) is 1. The molecule has 0 saturated carbocycles. The Bertz CT molecular complexity index is 822. The Labute approximate surface area is 121 Å². The van der Waals surface area contributed by atoms with Crippen LogP contribution in [-0.2, 0) is 0 Å². The summed E-state index contributed by atoms with van der Waals surface area (Å²) in [4.78, 5) is 12.8. The quantitative estimate of drug-likeness (QED) is 0.575. The molecule has 3 aromatic rings. The summed E-state index contributed by atoms with van der Waals surface area (Å²) in [7, 11) is 1.57. The summed E-state index contributed by atoms with van der Waals surface area (Å²) < 4.78 is 10.5. The van der Waals surface area contributed by atoms with Crippen molar-refractivity contribution in [1.29, 1.82) is 0 Å². The van der Waals surface area contributed by atoms with E-state index in [0.29, 0.717) is 21.8 Å². The van der Waals surface area contributed by atoms with Crippen molar-refractivity contribution in [2.24, 2.45) is 0 Å². The Kier molecular flexibility index (Phi) is 3.24. The van der Waals surface area contributed by atoms with Crippen molar-refractivity contribution in [1.82, 2.24) is 0 Å². The van der Waals surface area contributed by atoms with Crippen molar-refractivity contribution >= 4 is 23.6 Å². The molecule has 100 valence electrons. The van der Waals surface area contributed by atoms with Crippen molar-refractivity contribution in [2.45, 2.75) is 4.90 Å². The van der Waals surface area contributed by atoms with Gasteiger partial charge in [-0.05, 0) is 17.7 Å². The van der Waals surface area contributed by atoms with Gasteiger partial charge in [-0.3, -0.25) is 0 Å². The molecule has 0 unspecified atom stereocenters. The zero-order valence-electron chi connectivity index (χ0n) is 10.8. The molecule has 3 nitrogen and oxygen atoms in total. The van der Waals surface area contributed by atoms with Gasteiger partial charge in [0.05, 0.1) is 12.7 Å². The third kappa shape index (κ3) is 2.08. The minimum Gasteiger partial charge on any atom is -0.497 e. The fraction of sp³-hybridized carbons (Fsp3) is 0.0625. The molecule has 4 heteroatoms. The van der Waals surface area contributed by atoms with Crippen LogP contribution in [0.1, 0.15) is 0 Å². The smallest absolute Gasteiger partial charge is 0.345 e. The molecule has 20 heavy (non-hydrogen) atoms. The van der Waals surface area contributed by atoms with Crippen molar-refractivity contribution in [2.75, 3.05) is 7.11 Å². The summed E-state index contributed by atoms with van der Waals surface area (Å²) in [6, 6.07) is 14.7. The van der Waals surface area contributed by atoms with Gasteiger partial charge in [0.2, 0.25) is 0 Å². The summed E-state index contributed by atoms with van der Waals surface area (Å²) in [6.45, 7) is 0. The first kappa shape index (κ1) is 12.8. The van der Waals surface area contributed by atoms with Crippen molar-refractivity contribution in [3.8, 4) is 16.9 Å². The second-order valence-corrected chi connectivity index (χ2v) is 4.79. The summed E-state index contributed by atoms with van der Waals surface area (Å²) >= 11 is 4.51. The maximum Gasteiger partial charge on any atom is 0.345 e. The highest BCUT2D eigenvalue weighted by atomic mass is 32.1. The van der Waals surface area contributed by atoms with E-state index in [1.54, 1.807) is 13.2 Å². The van der Waals surface area contributed by atoms with Crippen LogP contribution in [0.15, 0.2) is 62.6 Å². The maximum absolute atomic E-state index is 12.2. The van der Waals surface area contributed by atoms with Crippen LogP contribution >= 0.6 is 12.6 Å². The Morgan fingerprint density at radius 1 is 1.10 bits per heavy atom. The van der Waals surface area contributed by atoms with E-state index >= 15 is 0 Å². The summed E-state index contributed by atoms with van der Waals surface area (Å²) in [5, 5.41) is 0.785. The molecule has 1 heterocycles. The van der Waals surface area contributed by atoms with Gasteiger partial charge in [-0.15, -0.1) is 12.6 Å². The molecule has 0 N–H and O–H groups in total. The van der Waals surface area contributed by atoms with Gasteiger partial charge < -0.3 is 9.15 Å². The second kappa shape index (κ2) is 5.06. The van der Waals surface area contributed by atoms with Crippen LogP contribution in [0.4, 0.5) is 0 Å². The Morgan fingerprint density at radius 2 is 1.85 bits per heavy atom. The molecule has 0 bridgehead atoms. The zero-order chi connectivity index (χ0) is 14.1. The predicted molar refractivity (Wildman–Crippen MR) is 81.7 cm³/mol. The highest BCUT2D eigenvalue weighted by Crippen LogP contribution is 2.31. The molecule has 2 aromatic carbocycles. The third-order valence-corrected chi connectivity index (χ3v) is 3.61. The van der Waals surface area contributed by atoms with E-state index in [-0.39, 0.29) is 0 Å². The van der Waals surface area contributed by atoms with Crippen molar-refractivity contribution < 1.29 is 9.15 Å². The molecule has 0 atom stereocenters. The fourth-order valence-corrected chi connectivity index (χ4v) is 2.56. The molecule has 3 rings (SSSR count). The van der Waals surface area contributed by atoms with Crippen LogP contribution in [0, 0.1) is 0 Å². The van der Waals surface area contributed by atoms with Crippen molar-refractivity contribution in [3.63, 3.8) is 0 Å². The van der Waals surface area contributed by atoms with E-state index in [1.165, 1.54) is 0 Å². The monoisotopic (exact) mass is 284 g/mol. The predicted octanol–water partition coefficient (Wildman–Crippen LogP) is 3.76. The summed E-state index contributed by atoms with van der Waals surface area (Å²) in [5.74, 6) is 0.640. The SMILES string of the molecule is COc1ccc2c(S)c(-c3ccccc3)c(=O)oc2c1. The Hall–Kier alpha value is -2.20. The molecule has 0 spiro atoms. The van der Waals surface area contributed by atoms with Gasteiger partial charge in [0.1, 0.15) is 11.3 Å². The van der Waals surface area contributed by atoms with E-state index in [9.17, 15) is 4.79 Å². The van der Waals surface area contributed by atoms with Crippen LogP contribution in [0.2, 0.25) is 0 Å². The lowest BCUT2D eigenvalue weighted by molar-refractivity contribution is 0.414. The molecular formula is C16H12O3S. The Balaban J connectivity index is 2.33. The van der Waals surface area contributed by atoms with Gasteiger partial charge in [-0.25, -0.2) is 4.79 Å². The number of benzene rings is 2. The van der Waals surface area contributed by atoms with E-state index in [4.69, 9.17) is 9.15 Å². The van der Waals surface area contributed by atoms with Crippen LogP contribution in [0.25, 0.3) is 22.1 Å². The number of fused-ring (bicyclic) bond motifs is 1. The fourth-order valence-electron chi connectivity index (χ4n) is 2.15. The van der Waals surface area contributed by atoms with E-state index < -0.39 is 5.63 Å². The van der Waals surface area contributed by atoms with E-state index in [1.807, 2.05) is 42.5 Å². The van der Waals surface area contributed by atoms with Gasteiger partial charge >= 0.3 is 5.63 Å². The molecule has 0 aliphatic carbocycles. The topological polar surface area (TPSA) is 39.4 Å². The van der Waals surface area contributed by atoms with Gasteiger partial charge in [-0.1, -0.05) is 30.3 Å². The van der Waals surface area contributed by atoms with Gasteiger partial charge in [0.15, 0.2) is 0 Å². The number of thiol groups is 1. The van der Waals surface area contributed by atoms with Crippen LogP contribution < -0.4 is 10.4 Å². The van der Waals surface area contributed by atoms with E-state index in [0.717, 1.165) is 10.9 Å². The van der Waals surface area contributed by atoms with Gasteiger partial charge in [-0.2, -0.15) is 0 Å². The molecule has 0 amide bonds. The van der Waals surface area contributed by atoms with Crippen LogP contribution in [-0.4, -0.2) is 7.11 Å². The summed E-state index contributed by atoms with van der Waals surface area (Å²) in [5.41, 5.74) is 1.34. The summed E-state index contributed by atoms with van der Waals surface area (Å²) in [6.07, 6.45) is 0. The Morgan fingerprint density at radius 3 is 2.55 bits per heavy atom. The lowest BCUT2D eigenvalue weighted by Gasteiger charge is -2.08. The highest BCUT2D eigenvalue weighted by molar-refractivity contribution is 7.80. The van der Waals surface area contributed by atoms with E-state index in [2.05, 4.69) is 12.6 Å². The minimum absolute atomic E-state index is 0.401. The second-order valence-electron chi connectivity index (χ2n) is 4.34. The third-order valence-electron chi connectivity index (χ3n) is 3.15. The first-order valence-electron chi connectivity index (χ1n) is 6.10. The van der Waals surface area contributed by atoms with Crippen molar-refractivity contribution in [3.05, 3.63) is 59.0 Å². The maximum atomic E-state index is 12.2. The first-order valence-corrected chi connectivity index (χ1v) is 6.54. The lowest BCUT2D eigenvalue weighted by Crippen LogP contribution is -2.04. The average Bonchev–Trinajstić information content (AvgIpc) is 2.47. The van der Waals surface area contributed by atoms with Gasteiger partial charge in [0.25, 0.3) is 0 Å². The molecule has 1 aromatic heterocycles. The zero-order valence-corrected chi connectivity index (χ0v) is 11.7. The van der Waals surface area contributed by atoms with Gasteiger partial charge in [0, 0.05) is 16.3 Å². The lowest BCUT2D eigenvalue weighted by atomic mass is 10.1. The number of hydrogen-bond acceptors (Lipinski definition) is 4. The largest absolute Gasteiger partial charge is 0.497 e. The molecule has 0 aliphatic heterocycles. The van der Waals surface area contributed by atoms with Crippen LogP contribution in [0.3, 0.4) is 0 Å². The molecule has 0 radical (unpaired) electrons. The molecule has 0 aliphatic rings. The average molecular weight is 284 g/mol. The number of rotatable bonds is 2. The first-order chi connectivity index (χ1) is 9.70. The minimum atomic E-state index is -0.401. The molecule has 0 fully saturated rings. The normalized spacial score (nSPS) is 10.7. The molecular weight excluding hydrogens is 272 g/mol. The highest BCUT2D eigenvalue weighted by Gasteiger charge is 2.14.